The summed E-state index contributed by atoms with van der Waals surface area (Å²) in [6.45, 7) is 0.669. The van der Waals surface area contributed by atoms with Crippen LogP contribution >= 0.6 is 11.3 Å². The molecule has 0 unspecified atom stereocenters. The molecule has 0 saturated heterocycles. The van der Waals surface area contributed by atoms with Crippen LogP contribution in [0.15, 0.2) is 30.6 Å². The molecule has 0 aliphatic heterocycles. The number of nitrogens with zero attached hydrogens (tertiary/aromatic N) is 3. The number of anilines is 2. The van der Waals surface area contributed by atoms with Gasteiger partial charge in [0.25, 0.3) is 0 Å². The van der Waals surface area contributed by atoms with Gasteiger partial charge in [-0.05, 0) is 36.5 Å². The SMILES string of the molecule is C#Cc1cncc(NCc2ccc3nc(NC4CCCCC4)sc3c2)n1. The number of nitrogens with one attached hydrogen (secondary N) is 2. The maximum Gasteiger partial charge on any atom is 0.184 e. The van der Waals surface area contributed by atoms with Crippen molar-refractivity contribution in [2.24, 2.45) is 0 Å². The summed E-state index contributed by atoms with van der Waals surface area (Å²) in [6, 6.07) is 6.94. The summed E-state index contributed by atoms with van der Waals surface area (Å²) in [4.78, 5) is 13.1. The fourth-order valence-corrected chi connectivity index (χ4v) is 4.28. The molecule has 1 aliphatic carbocycles. The minimum Gasteiger partial charge on any atom is -0.365 e. The molecule has 1 aromatic carbocycles. The second-order valence-corrected chi connectivity index (χ2v) is 7.62. The first kappa shape index (κ1) is 16.8. The summed E-state index contributed by atoms with van der Waals surface area (Å²) >= 11 is 1.73. The zero-order chi connectivity index (χ0) is 17.8. The van der Waals surface area contributed by atoms with Crippen LogP contribution in [0.3, 0.4) is 0 Å². The summed E-state index contributed by atoms with van der Waals surface area (Å²) in [5.74, 6) is 3.18. The predicted molar refractivity (Wildman–Crippen MR) is 107 cm³/mol. The normalized spacial score (nSPS) is 14.9. The van der Waals surface area contributed by atoms with E-state index in [1.165, 1.54) is 42.4 Å². The van der Waals surface area contributed by atoms with E-state index in [2.05, 4.69) is 44.7 Å². The summed E-state index contributed by atoms with van der Waals surface area (Å²) < 4.78 is 1.20. The lowest BCUT2D eigenvalue weighted by atomic mass is 9.96. The molecule has 4 rings (SSSR count). The molecule has 1 aliphatic rings. The molecule has 0 atom stereocenters. The molecule has 0 radical (unpaired) electrons. The van der Waals surface area contributed by atoms with Crippen LogP contribution in [0.4, 0.5) is 10.9 Å². The Morgan fingerprint density at radius 2 is 2.04 bits per heavy atom. The lowest BCUT2D eigenvalue weighted by Crippen LogP contribution is -2.21. The predicted octanol–water partition coefficient (Wildman–Crippen LogP) is 4.42. The number of rotatable bonds is 5. The van der Waals surface area contributed by atoms with Crippen LogP contribution in [0.25, 0.3) is 10.2 Å². The molecule has 3 aromatic rings. The van der Waals surface area contributed by atoms with Crippen molar-refractivity contribution in [3.63, 3.8) is 0 Å². The van der Waals surface area contributed by atoms with Crippen molar-refractivity contribution >= 4 is 32.5 Å². The van der Waals surface area contributed by atoms with E-state index in [0.717, 1.165) is 10.6 Å². The highest BCUT2D eigenvalue weighted by Crippen LogP contribution is 2.29. The van der Waals surface area contributed by atoms with E-state index in [4.69, 9.17) is 11.4 Å². The average molecular weight is 363 g/mol. The number of fused-ring (bicyclic) bond motifs is 1. The molecule has 1 fully saturated rings. The van der Waals surface area contributed by atoms with E-state index < -0.39 is 0 Å². The van der Waals surface area contributed by atoms with Crippen LogP contribution in [-0.4, -0.2) is 21.0 Å². The Balaban J connectivity index is 1.44. The largest absolute Gasteiger partial charge is 0.365 e. The fraction of sp³-hybridized carbons (Fsp3) is 0.350. The van der Waals surface area contributed by atoms with Gasteiger partial charge in [-0.3, -0.25) is 4.98 Å². The lowest BCUT2D eigenvalue weighted by Gasteiger charge is -2.22. The molecule has 6 heteroatoms. The summed E-state index contributed by atoms with van der Waals surface area (Å²) in [6.07, 6.45) is 15.1. The molecule has 0 bridgehead atoms. The monoisotopic (exact) mass is 363 g/mol. The maximum absolute atomic E-state index is 5.37. The van der Waals surface area contributed by atoms with Crippen LogP contribution in [0.5, 0.6) is 0 Å². The number of thiazole rings is 1. The Kier molecular flexibility index (Phi) is 4.98. The van der Waals surface area contributed by atoms with Gasteiger partial charge in [0.2, 0.25) is 0 Å². The maximum atomic E-state index is 5.37. The topological polar surface area (TPSA) is 62.7 Å². The summed E-state index contributed by atoms with van der Waals surface area (Å²) in [5.41, 5.74) is 2.76. The second kappa shape index (κ2) is 7.71. The van der Waals surface area contributed by atoms with Gasteiger partial charge < -0.3 is 10.6 Å². The highest BCUT2D eigenvalue weighted by atomic mass is 32.1. The highest BCUT2D eigenvalue weighted by Gasteiger charge is 2.15. The summed E-state index contributed by atoms with van der Waals surface area (Å²) in [7, 11) is 0. The molecule has 0 spiro atoms. The molecule has 2 aromatic heterocycles. The van der Waals surface area contributed by atoms with Crippen LogP contribution in [0.1, 0.15) is 43.4 Å². The van der Waals surface area contributed by atoms with Crippen LogP contribution < -0.4 is 10.6 Å². The first-order valence-corrected chi connectivity index (χ1v) is 9.80. The van der Waals surface area contributed by atoms with Crippen molar-refractivity contribution in [2.45, 2.75) is 44.7 Å². The van der Waals surface area contributed by atoms with Crippen molar-refractivity contribution in [1.82, 2.24) is 15.0 Å². The third kappa shape index (κ3) is 3.94. The highest BCUT2D eigenvalue weighted by molar-refractivity contribution is 7.22. The van der Waals surface area contributed by atoms with E-state index in [0.29, 0.717) is 24.1 Å². The number of terminal acetylenes is 1. The third-order valence-electron chi connectivity index (χ3n) is 4.64. The number of benzene rings is 1. The van der Waals surface area contributed by atoms with Crippen molar-refractivity contribution in [3.05, 3.63) is 41.9 Å². The van der Waals surface area contributed by atoms with Gasteiger partial charge in [-0.1, -0.05) is 36.7 Å². The van der Waals surface area contributed by atoms with Gasteiger partial charge in [-0.15, -0.1) is 6.42 Å². The van der Waals surface area contributed by atoms with Crippen LogP contribution in [0.2, 0.25) is 0 Å². The fourth-order valence-electron chi connectivity index (χ4n) is 3.28. The van der Waals surface area contributed by atoms with Crippen LogP contribution in [0, 0.1) is 12.3 Å². The second-order valence-electron chi connectivity index (χ2n) is 6.59. The zero-order valence-corrected chi connectivity index (χ0v) is 15.4. The molecule has 0 amide bonds. The molecular formula is C20H21N5S. The van der Waals surface area contributed by atoms with Gasteiger partial charge in [0.15, 0.2) is 5.13 Å². The Labute approximate surface area is 157 Å². The molecule has 26 heavy (non-hydrogen) atoms. The Morgan fingerprint density at radius 1 is 1.15 bits per heavy atom. The third-order valence-corrected chi connectivity index (χ3v) is 5.59. The lowest BCUT2D eigenvalue weighted by molar-refractivity contribution is 0.462. The quantitative estimate of drug-likeness (QED) is 0.657. The molecular weight excluding hydrogens is 342 g/mol. The van der Waals surface area contributed by atoms with E-state index in [1.54, 1.807) is 23.7 Å². The van der Waals surface area contributed by atoms with Crippen molar-refractivity contribution in [3.8, 4) is 12.3 Å². The zero-order valence-electron chi connectivity index (χ0n) is 14.5. The van der Waals surface area contributed by atoms with Gasteiger partial charge in [-0.25, -0.2) is 9.97 Å². The number of hydrogen-bond donors (Lipinski definition) is 2. The first-order valence-electron chi connectivity index (χ1n) is 8.99. The molecule has 2 N–H and O–H groups in total. The van der Waals surface area contributed by atoms with E-state index in [9.17, 15) is 0 Å². The van der Waals surface area contributed by atoms with Crippen molar-refractivity contribution in [1.29, 1.82) is 0 Å². The van der Waals surface area contributed by atoms with Gasteiger partial charge in [0.05, 0.1) is 22.6 Å². The Bertz CT molecular complexity index is 937. The van der Waals surface area contributed by atoms with E-state index >= 15 is 0 Å². The smallest absolute Gasteiger partial charge is 0.184 e. The van der Waals surface area contributed by atoms with E-state index in [1.807, 2.05) is 0 Å². The minimum atomic E-state index is 0.534. The molecule has 2 heterocycles. The van der Waals surface area contributed by atoms with Crippen molar-refractivity contribution in [2.75, 3.05) is 10.6 Å². The van der Waals surface area contributed by atoms with Gasteiger partial charge in [0.1, 0.15) is 11.5 Å². The standard InChI is InChI=1S/C20H21N5S/c1-2-15-12-21-13-19(23-15)22-11-14-8-9-17-18(10-14)26-20(25-17)24-16-6-4-3-5-7-16/h1,8-10,12-13,16H,3-7,11H2,(H,22,23)(H,24,25). The average Bonchev–Trinajstić information content (AvgIpc) is 3.08. The van der Waals surface area contributed by atoms with Crippen molar-refractivity contribution < 1.29 is 0 Å². The Hall–Kier alpha value is -2.65. The first-order chi connectivity index (χ1) is 12.8. The minimum absolute atomic E-state index is 0.534. The summed E-state index contributed by atoms with van der Waals surface area (Å²) in [5, 5.41) is 7.92. The van der Waals surface area contributed by atoms with Gasteiger partial charge in [-0.2, -0.15) is 0 Å². The molecule has 132 valence electrons. The molecule has 5 nitrogen and oxygen atoms in total. The van der Waals surface area contributed by atoms with Crippen LogP contribution in [-0.2, 0) is 6.54 Å². The van der Waals surface area contributed by atoms with Gasteiger partial charge in [0, 0.05) is 12.6 Å². The Morgan fingerprint density at radius 3 is 2.88 bits per heavy atom. The molecule has 1 saturated carbocycles. The van der Waals surface area contributed by atoms with E-state index in [-0.39, 0.29) is 0 Å². The van der Waals surface area contributed by atoms with Gasteiger partial charge >= 0.3 is 0 Å². The number of aromatic nitrogens is 3. The number of hydrogen-bond acceptors (Lipinski definition) is 6.